The van der Waals surface area contributed by atoms with Crippen LogP contribution in [-0.4, -0.2) is 239 Å². The standard InChI is InChI=1S/C79H148N24/c1-68(2)40-53(41-69(3,4)98(68)25)83-62-89-59(90-63(95-62)84-54-42-70(5,6)99(26)71(7,8)43-54)80-37-32-31-34-52(36-39-82-61-93-66(87-57-48-76(17,18)102(29)77(19,20)49-57)97-67(94-61)88-58-50-78(21,22)103(30)79(23,24)51-58)35-33-38-81-60-91-64(85-55-44-72(9,10)100(27)73(11,12)45-55)96-65(92-60)86-56-46-74(13,14)101(28)75(15,16)47-56/h52-58H,31-51H2,1-30H3,(H3,80,83,84,89,90,95)(H3,81,85,86,91,92,96)(H3,82,87,88,93,94,97). The van der Waals surface area contributed by atoms with E-state index in [2.05, 4.69) is 286 Å². The Balaban J connectivity index is 0.943. The van der Waals surface area contributed by atoms with Gasteiger partial charge in [0.2, 0.25) is 53.5 Å². The summed E-state index contributed by atoms with van der Waals surface area (Å²) in [5, 5.41) is 34.3. The number of rotatable bonds is 27. The third kappa shape index (κ3) is 20.2. The van der Waals surface area contributed by atoms with Gasteiger partial charge in [0.1, 0.15) is 0 Å². The maximum atomic E-state index is 5.17. The highest BCUT2D eigenvalue weighted by Gasteiger charge is 2.49. The smallest absolute Gasteiger partial charge is 0.229 e. The molecule has 584 valence electrons. The van der Waals surface area contributed by atoms with Crippen LogP contribution < -0.4 is 47.9 Å². The summed E-state index contributed by atoms with van der Waals surface area (Å²) in [7, 11) is 13.5. The Morgan fingerprint density at radius 1 is 0.233 bits per heavy atom. The number of likely N-dealkylation sites (tertiary alicyclic amines) is 6. The molecule has 6 saturated heterocycles. The minimum absolute atomic E-state index is 0.00132. The maximum absolute atomic E-state index is 5.17. The molecule has 0 aliphatic carbocycles. The molecule has 103 heavy (non-hydrogen) atoms. The lowest BCUT2D eigenvalue weighted by Gasteiger charge is -2.54. The molecule has 6 aliphatic rings. The molecule has 0 spiro atoms. The van der Waals surface area contributed by atoms with E-state index in [0.29, 0.717) is 66.0 Å². The van der Waals surface area contributed by atoms with Crippen molar-refractivity contribution in [2.24, 2.45) is 5.92 Å². The third-order valence-electron chi connectivity index (χ3n) is 27.0. The van der Waals surface area contributed by atoms with Gasteiger partial charge in [-0.2, -0.15) is 44.9 Å². The van der Waals surface area contributed by atoms with Gasteiger partial charge in [0, 0.05) is 122 Å². The number of aromatic nitrogens is 9. The van der Waals surface area contributed by atoms with Crippen LogP contribution >= 0.6 is 0 Å². The molecule has 6 fully saturated rings. The van der Waals surface area contributed by atoms with Gasteiger partial charge < -0.3 is 47.9 Å². The first kappa shape index (κ1) is 82.1. The van der Waals surface area contributed by atoms with Crippen LogP contribution in [0.25, 0.3) is 0 Å². The fraction of sp³-hybridized carbons (Fsp3) is 0.886. The van der Waals surface area contributed by atoms with Crippen LogP contribution in [0.15, 0.2) is 0 Å². The van der Waals surface area contributed by atoms with E-state index in [9.17, 15) is 0 Å². The summed E-state index contributed by atoms with van der Waals surface area (Å²) >= 11 is 0. The van der Waals surface area contributed by atoms with Crippen molar-refractivity contribution in [3.05, 3.63) is 0 Å². The first-order valence-electron chi connectivity index (χ1n) is 39.8. The van der Waals surface area contributed by atoms with Crippen molar-refractivity contribution >= 4 is 53.5 Å². The highest BCUT2D eigenvalue weighted by Crippen LogP contribution is 2.44. The molecule has 0 bridgehead atoms. The first-order valence-corrected chi connectivity index (χ1v) is 39.8. The Labute approximate surface area is 625 Å². The van der Waals surface area contributed by atoms with Gasteiger partial charge in [0.25, 0.3) is 0 Å². The minimum atomic E-state index is -0.00630. The second-order valence-electron chi connectivity index (χ2n) is 40.6. The van der Waals surface area contributed by atoms with Gasteiger partial charge in [0.15, 0.2) is 0 Å². The SMILES string of the molecule is CN1C(C)(C)CC(Nc2nc(NCCCCC(CCCNc3nc(NC4CC(C)(C)N(C)C(C)(C)C4)nc(NC4CC(C)(C)N(C)C(C)(C)C4)n3)CCNc3nc(NC4CC(C)(C)N(C)C(C)(C)C4)nc(NC4CC(C)(C)N(C)C(C)(C)C4)n3)nc(NC3CC(C)(C)N(C)C(C)(C)C3)n2)CC1(C)C. The van der Waals surface area contributed by atoms with Crippen LogP contribution in [0.5, 0.6) is 0 Å². The van der Waals surface area contributed by atoms with E-state index in [4.69, 9.17) is 44.9 Å². The number of hydrogen-bond acceptors (Lipinski definition) is 24. The van der Waals surface area contributed by atoms with Crippen molar-refractivity contribution in [1.29, 1.82) is 0 Å². The predicted octanol–water partition coefficient (Wildman–Crippen LogP) is 14.2. The first-order chi connectivity index (χ1) is 47.3. The number of hydrogen-bond donors (Lipinski definition) is 9. The second kappa shape index (κ2) is 30.2. The molecule has 0 aromatic carbocycles. The fourth-order valence-electron chi connectivity index (χ4n) is 19.9. The molecule has 9 N–H and O–H groups in total. The molecule has 0 saturated carbocycles. The summed E-state index contributed by atoms with van der Waals surface area (Å²) in [5.74, 6) is 5.89. The molecule has 9 rings (SSSR count). The van der Waals surface area contributed by atoms with Crippen LogP contribution in [0.1, 0.15) is 282 Å². The zero-order chi connectivity index (χ0) is 76.3. The molecule has 9 heterocycles. The Bertz CT molecular complexity index is 3020. The van der Waals surface area contributed by atoms with Gasteiger partial charge in [-0.15, -0.1) is 0 Å². The summed E-state index contributed by atoms with van der Waals surface area (Å²) in [5.41, 5.74) is -0.0142. The van der Waals surface area contributed by atoms with Gasteiger partial charge >= 0.3 is 0 Å². The Hall–Kier alpha value is -5.01. The quantitative estimate of drug-likeness (QED) is 0.0322. The van der Waals surface area contributed by atoms with Crippen LogP contribution in [0.4, 0.5) is 53.5 Å². The topological polar surface area (TPSA) is 244 Å². The monoisotopic (exact) mass is 1430 g/mol. The molecule has 0 amide bonds. The van der Waals surface area contributed by atoms with Crippen molar-refractivity contribution in [2.45, 2.75) is 384 Å². The number of piperidine rings is 6. The lowest BCUT2D eigenvalue weighted by Crippen LogP contribution is -2.61. The summed E-state index contributed by atoms with van der Waals surface area (Å²) in [6.45, 7) is 58.5. The fourth-order valence-corrected chi connectivity index (χ4v) is 19.9. The van der Waals surface area contributed by atoms with Crippen molar-refractivity contribution in [2.75, 3.05) is 110 Å². The van der Waals surface area contributed by atoms with E-state index in [1.807, 2.05) is 0 Å². The Morgan fingerprint density at radius 2 is 0.398 bits per heavy atom. The zero-order valence-electron chi connectivity index (χ0n) is 70.6. The van der Waals surface area contributed by atoms with Crippen LogP contribution in [0.2, 0.25) is 0 Å². The normalized spacial score (nSPS) is 25.7. The van der Waals surface area contributed by atoms with E-state index in [-0.39, 0.29) is 103 Å². The van der Waals surface area contributed by atoms with E-state index < -0.39 is 0 Å². The van der Waals surface area contributed by atoms with E-state index in [0.717, 1.165) is 129 Å². The third-order valence-corrected chi connectivity index (χ3v) is 27.0. The average molecular weight is 1430 g/mol. The second-order valence-corrected chi connectivity index (χ2v) is 40.6. The Kier molecular flexibility index (Phi) is 24.1. The summed E-state index contributed by atoms with van der Waals surface area (Å²) in [4.78, 5) is 61.4. The van der Waals surface area contributed by atoms with Gasteiger partial charge in [-0.1, -0.05) is 12.8 Å². The van der Waals surface area contributed by atoms with Gasteiger partial charge in [-0.05, 0) is 317 Å². The molecular weight excluding hydrogens is 1290 g/mol. The van der Waals surface area contributed by atoms with E-state index >= 15 is 0 Å². The van der Waals surface area contributed by atoms with Crippen molar-refractivity contribution in [1.82, 2.24) is 74.3 Å². The van der Waals surface area contributed by atoms with Crippen molar-refractivity contribution in [3.63, 3.8) is 0 Å². The molecule has 24 nitrogen and oxygen atoms in total. The molecular formula is C79H148N24. The van der Waals surface area contributed by atoms with E-state index in [1.165, 1.54) is 0 Å². The summed E-state index contributed by atoms with van der Waals surface area (Å²) in [6.07, 6.45) is 17.6. The van der Waals surface area contributed by atoms with Crippen molar-refractivity contribution in [3.8, 4) is 0 Å². The van der Waals surface area contributed by atoms with Gasteiger partial charge in [0.05, 0.1) is 0 Å². The number of nitrogens with one attached hydrogen (secondary N) is 9. The molecule has 3 aromatic rings. The molecule has 6 aliphatic heterocycles. The number of nitrogens with zero attached hydrogens (tertiary/aromatic N) is 15. The molecule has 1 unspecified atom stereocenters. The average Bonchev–Trinajstić information content (AvgIpc) is 0.802. The molecule has 24 heteroatoms. The van der Waals surface area contributed by atoms with Crippen LogP contribution in [0, 0.1) is 5.92 Å². The molecule has 3 aromatic heterocycles. The number of unbranched alkanes of at least 4 members (excludes halogenated alkanes) is 1. The van der Waals surface area contributed by atoms with Crippen LogP contribution in [0.3, 0.4) is 0 Å². The minimum Gasteiger partial charge on any atom is -0.354 e. The Morgan fingerprint density at radius 3 is 0.602 bits per heavy atom. The maximum Gasteiger partial charge on any atom is 0.229 e. The highest BCUT2D eigenvalue weighted by atomic mass is 15.4. The molecule has 1 atom stereocenters. The largest absolute Gasteiger partial charge is 0.354 e. The highest BCUT2D eigenvalue weighted by molar-refractivity contribution is 5.47. The lowest BCUT2D eigenvalue weighted by molar-refractivity contribution is -0.00825. The zero-order valence-corrected chi connectivity index (χ0v) is 70.6. The van der Waals surface area contributed by atoms with E-state index in [1.54, 1.807) is 0 Å². The lowest BCUT2D eigenvalue weighted by atomic mass is 9.77. The molecule has 0 radical (unpaired) electrons. The van der Waals surface area contributed by atoms with Gasteiger partial charge in [-0.3, -0.25) is 29.4 Å². The summed E-state index contributed by atoms with van der Waals surface area (Å²) < 4.78 is 0. The predicted molar refractivity (Wildman–Crippen MR) is 432 cm³/mol. The van der Waals surface area contributed by atoms with Crippen LogP contribution in [-0.2, 0) is 0 Å². The van der Waals surface area contributed by atoms with Crippen molar-refractivity contribution < 1.29 is 0 Å². The number of anilines is 9. The van der Waals surface area contributed by atoms with Gasteiger partial charge in [-0.25, -0.2) is 0 Å². The summed E-state index contributed by atoms with van der Waals surface area (Å²) in [6, 6.07) is 1.18.